The Balaban J connectivity index is 2.35. The average Bonchev–Trinajstić information content (AvgIpc) is 2.68. The standard InChI is InChI=1S/C12H18N2O4S/c1-12(7-15)6-8(3-5-19)10(18-12)14-4-2-9(16)13-11(14)17/h2,4,8,10,15,19H,3,5-7H2,1H3,(H,13,16,17)/t8?,10-,12+/m1/s1. The molecule has 1 aliphatic rings. The van der Waals surface area contributed by atoms with Gasteiger partial charge in [-0.1, -0.05) is 0 Å². The predicted octanol–water partition coefficient (Wildman–Crippen LogP) is 0.143. The van der Waals surface area contributed by atoms with E-state index in [2.05, 4.69) is 17.6 Å². The first kappa shape index (κ1) is 14.4. The van der Waals surface area contributed by atoms with Crippen molar-refractivity contribution in [3.05, 3.63) is 33.1 Å². The molecule has 1 unspecified atom stereocenters. The largest absolute Gasteiger partial charge is 0.393 e. The molecule has 106 valence electrons. The molecule has 0 bridgehead atoms. The Morgan fingerprint density at radius 3 is 2.95 bits per heavy atom. The van der Waals surface area contributed by atoms with Crippen LogP contribution in [-0.4, -0.2) is 32.6 Å². The molecular formula is C12H18N2O4S. The minimum absolute atomic E-state index is 0.0817. The van der Waals surface area contributed by atoms with E-state index in [4.69, 9.17) is 4.74 Å². The molecular weight excluding hydrogens is 268 g/mol. The summed E-state index contributed by atoms with van der Waals surface area (Å²) >= 11 is 4.21. The van der Waals surface area contributed by atoms with Gasteiger partial charge in [0.25, 0.3) is 5.56 Å². The van der Waals surface area contributed by atoms with Gasteiger partial charge in [0.2, 0.25) is 0 Å². The third-order valence-corrected chi connectivity index (χ3v) is 3.72. The molecule has 1 saturated heterocycles. The number of H-pyrrole nitrogens is 1. The molecule has 1 fully saturated rings. The van der Waals surface area contributed by atoms with E-state index in [9.17, 15) is 14.7 Å². The van der Waals surface area contributed by atoms with Gasteiger partial charge in [-0.05, 0) is 25.5 Å². The number of hydrogen-bond donors (Lipinski definition) is 3. The third-order valence-electron chi connectivity index (χ3n) is 3.46. The van der Waals surface area contributed by atoms with E-state index in [-0.39, 0.29) is 12.5 Å². The summed E-state index contributed by atoms with van der Waals surface area (Å²) < 4.78 is 7.20. The number of aliphatic hydroxyl groups excluding tert-OH is 1. The molecule has 19 heavy (non-hydrogen) atoms. The van der Waals surface area contributed by atoms with Crippen molar-refractivity contribution in [2.45, 2.75) is 31.6 Å². The van der Waals surface area contributed by atoms with Crippen LogP contribution in [0.4, 0.5) is 0 Å². The summed E-state index contributed by atoms with van der Waals surface area (Å²) in [5.41, 5.74) is -1.59. The van der Waals surface area contributed by atoms with Gasteiger partial charge in [-0.15, -0.1) is 0 Å². The third kappa shape index (κ3) is 2.93. The lowest BCUT2D eigenvalue weighted by atomic mass is 9.93. The maximum atomic E-state index is 11.8. The van der Waals surface area contributed by atoms with Crippen LogP contribution < -0.4 is 11.2 Å². The Morgan fingerprint density at radius 2 is 2.37 bits per heavy atom. The zero-order valence-corrected chi connectivity index (χ0v) is 11.6. The molecule has 0 radical (unpaired) electrons. The quantitative estimate of drug-likeness (QED) is 0.688. The first-order chi connectivity index (χ1) is 8.99. The van der Waals surface area contributed by atoms with Crippen LogP contribution in [0.3, 0.4) is 0 Å². The molecule has 1 aromatic heterocycles. The molecule has 2 heterocycles. The smallest absolute Gasteiger partial charge is 0.330 e. The van der Waals surface area contributed by atoms with Gasteiger partial charge in [0, 0.05) is 18.2 Å². The molecule has 1 aromatic rings. The fourth-order valence-electron chi connectivity index (χ4n) is 2.52. The maximum absolute atomic E-state index is 11.8. The summed E-state index contributed by atoms with van der Waals surface area (Å²) in [5, 5.41) is 9.40. The van der Waals surface area contributed by atoms with E-state index in [1.54, 1.807) is 0 Å². The second-order valence-electron chi connectivity index (χ2n) is 5.11. The van der Waals surface area contributed by atoms with Gasteiger partial charge in [-0.25, -0.2) is 4.79 Å². The van der Waals surface area contributed by atoms with Crippen molar-refractivity contribution in [2.75, 3.05) is 12.4 Å². The molecule has 0 amide bonds. The molecule has 1 aliphatic heterocycles. The number of rotatable bonds is 4. The van der Waals surface area contributed by atoms with Gasteiger partial charge in [0.1, 0.15) is 6.23 Å². The summed E-state index contributed by atoms with van der Waals surface area (Å²) in [6.07, 6.45) is 2.38. The second kappa shape index (κ2) is 5.52. The lowest BCUT2D eigenvalue weighted by molar-refractivity contribution is -0.0937. The molecule has 3 atom stereocenters. The Kier molecular flexibility index (Phi) is 4.17. The minimum atomic E-state index is -0.659. The SMILES string of the molecule is C[C@@]1(CO)CC(CCS)[C@H](n2ccc(=O)[nH]c2=O)O1. The van der Waals surface area contributed by atoms with E-state index in [0.29, 0.717) is 12.2 Å². The molecule has 0 aromatic carbocycles. The predicted molar refractivity (Wildman–Crippen MR) is 73.5 cm³/mol. The molecule has 0 saturated carbocycles. The number of ether oxygens (including phenoxy) is 1. The maximum Gasteiger partial charge on any atom is 0.330 e. The van der Waals surface area contributed by atoms with Crippen LogP contribution in [-0.2, 0) is 4.74 Å². The number of aliphatic hydroxyl groups is 1. The number of aromatic amines is 1. The van der Waals surface area contributed by atoms with E-state index < -0.39 is 23.1 Å². The summed E-state index contributed by atoms with van der Waals surface area (Å²) in [6.45, 7) is 1.71. The number of nitrogens with zero attached hydrogens (tertiary/aromatic N) is 1. The van der Waals surface area contributed by atoms with Crippen LogP contribution in [0.2, 0.25) is 0 Å². The van der Waals surface area contributed by atoms with Crippen molar-refractivity contribution in [1.29, 1.82) is 0 Å². The summed E-state index contributed by atoms with van der Waals surface area (Å²) in [4.78, 5) is 25.1. The Labute approximate surface area is 115 Å². The zero-order valence-electron chi connectivity index (χ0n) is 10.7. The number of hydrogen-bond acceptors (Lipinski definition) is 5. The highest BCUT2D eigenvalue weighted by Crippen LogP contribution is 2.41. The van der Waals surface area contributed by atoms with Crippen LogP contribution in [0.25, 0.3) is 0 Å². The highest BCUT2D eigenvalue weighted by atomic mass is 32.1. The molecule has 6 nitrogen and oxygen atoms in total. The van der Waals surface area contributed by atoms with Crippen molar-refractivity contribution in [3.63, 3.8) is 0 Å². The summed E-state index contributed by atoms with van der Waals surface area (Å²) in [7, 11) is 0. The van der Waals surface area contributed by atoms with Gasteiger partial charge >= 0.3 is 5.69 Å². The van der Waals surface area contributed by atoms with Gasteiger partial charge in [-0.3, -0.25) is 14.3 Å². The zero-order chi connectivity index (χ0) is 14.0. The van der Waals surface area contributed by atoms with Gasteiger partial charge in [0.15, 0.2) is 0 Å². The number of nitrogens with one attached hydrogen (secondary N) is 1. The molecule has 2 N–H and O–H groups in total. The summed E-state index contributed by atoms with van der Waals surface area (Å²) in [5.74, 6) is 0.752. The van der Waals surface area contributed by atoms with Gasteiger partial charge in [0.05, 0.1) is 12.2 Å². The van der Waals surface area contributed by atoms with Gasteiger partial charge in [-0.2, -0.15) is 12.6 Å². The van der Waals surface area contributed by atoms with Crippen molar-refractivity contribution < 1.29 is 9.84 Å². The van der Waals surface area contributed by atoms with Crippen molar-refractivity contribution in [2.24, 2.45) is 5.92 Å². The monoisotopic (exact) mass is 286 g/mol. The first-order valence-corrected chi connectivity index (χ1v) is 6.83. The Morgan fingerprint density at radius 1 is 1.63 bits per heavy atom. The number of thiol groups is 1. The van der Waals surface area contributed by atoms with E-state index in [1.165, 1.54) is 16.8 Å². The van der Waals surface area contributed by atoms with Crippen molar-refractivity contribution >= 4 is 12.6 Å². The normalized spacial score (nSPS) is 30.7. The first-order valence-electron chi connectivity index (χ1n) is 6.20. The lowest BCUT2D eigenvalue weighted by Crippen LogP contribution is -2.35. The highest BCUT2D eigenvalue weighted by molar-refractivity contribution is 7.80. The highest BCUT2D eigenvalue weighted by Gasteiger charge is 2.43. The second-order valence-corrected chi connectivity index (χ2v) is 5.56. The molecule has 2 rings (SSSR count). The van der Waals surface area contributed by atoms with Crippen molar-refractivity contribution in [3.8, 4) is 0 Å². The van der Waals surface area contributed by atoms with Gasteiger partial charge < -0.3 is 9.84 Å². The fourth-order valence-corrected chi connectivity index (χ4v) is 2.85. The Bertz CT molecular complexity index is 555. The Hall–Kier alpha value is -1.05. The molecule has 0 spiro atoms. The van der Waals surface area contributed by atoms with E-state index >= 15 is 0 Å². The number of aromatic nitrogens is 2. The summed E-state index contributed by atoms with van der Waals surface area (Å²) in [6, 6.07) is 1.29. The van der Waals surface area contributed by atoms with Crippen LogP contribution in [0.1, 0.15) is 26.0 Å². The molecule has 7 heteroatoms. The lowest BCUT2D eigenvalue weighted by Gasteiger charge is -2.23. The van der Waals surface area contributed by atoms with Crippen LogP contribution >= 0.6 is 12.6 Å². The topological polar surface area (TPSA) is 84.3 Å². The minimum Gasteiger partial charge on any atom is -0.393 e. The van der Waals surface area contributed by atoms with E-state index in [1.807, 2.05) is 6.92 Å². The average molecular weight is 286 g/mol. The van der Waals surface area contributed by atoms with Crippen LogP contribution in [0.15, 0.2) is 21.9 Å². The molecule has 0 aliphatic carbocycles. The van der Waals surface area contributed by atoms with Crippen molar-refractivity contribution in [1.82, 2.24) is 9.55 Å². The van der Waals surface area contributed by atoms with E-state index in [0.717, 1.165) is 6.42 Å². The van der Waals surface area contributed by atoms with Crippen LogP contribution in [0, 0.1) is 5.92 Å². The fraction of sp³-hybridized carbons (Fsp3) is 0.667. The van der Waals surface area contributed by atoms with Crippen LogP contribution in [0.5, 0.6) is 0 Å².